The van der Waals surface area contributed by atoms with Crippen molar-refractivity contribution in [2.45, 2.75) is 31.3 Å². The first-order valence-electron chi connectivity index (χ1n) is 9.55. The fourth-order valence-electron chi connectivity index (χ4n) is 2.49. The van der Waals surface area contributed by atoms with E-state index in [9.17, 15) is 9.59 Å². The van der Waals surface area contributed by atoms with Crippen LogP contribution in [0, 0.1) is 11.8 Å². The van der Waals surface area contributed by atoms with Gasteiger partial charge in [0.1, 0.15) is 0 Å². The molecule has 1 amide bonds. The number of Topliss-reactive ketones (excluding diaryl/α,β-unsaturated/α-hetero) is 1. The highest BCUT2D eigenvalue weighted by Gasteiger charge is 2.23. The Balaban J connectivity index is -0.000000455. The third kappa shape index (κ3) is 17.0. The van der Waals surface area contributed by atoms with E-state index in [1.54, 1.807) is 14.1 Å². The third-order valence-corrected chi connectivity index (χ3v) is 6.27. The number of carbonyl (C=O) groups excluding carboxylic acids is 2. The van der Waals surface area contributed by atoms with Crippen LogP contribution in [0.25, 0.3) is 0 Å². The van der Waals surface area contributed by atoms with E-state index < -0.39 is 0 Å². The molecule has 0 aromatic rings. The maximum Gasteiger partial charge on any atom is 0.224 e. The number of nitrogens with one attached hydrogen (secondary N) is 4. The summed E-state index contributed by atoms with van der Waals surface area (Å²) in [5.41, 5.74) is 0. The van der Waals surface area contributed by atoms with Crippen LogP contribution in [0.1, 0.15) is 19.3 Å². The van der Waals surface area contributed by atoms with Crippen LogP contribution in [0.5, 0.6) is 0 Å². The lowest BCUT2D eigenvalue weighted by Gasteiger charge is -2.18. The smallest absolute Gasteiger partial charge is 0.224 e. The van der Waals surface area contributed by atoms with E-state index in [1.807, 2.05) is 14.1 Å². The van der Waals surface area contributed by atoms with E-state index in [2.05, 4.69) is 71.8 Å². The van der Waals surface area contributed by atoms with E-state index >= 15 is 0 Å². The Kier molecular flexibility index (Phi) is 27.7. The molecule has 0 unspecified atom stereocenters. The van der Waals surface area contributed by atoms with Crippen LogP contribution in [0.3, 0.4) is 0 Å². The molecule has 0 aromatic carbocycles. The molecule has 0 aliphatic heterocycles. The fourth-order valence-corrected chi connectivity index (χ4v) is 3.85. The molecule has 0 spiro atoms. The number of amides is 1. The highest BCUT2D eigenvalue weighted by Crippen LogP contribution is 2.10. The molecular formula is C18H41ClN4O2S4. The average molecular weight is 509 g/mol. The summed E-state index contributed by atoms with van der Waals surface area (Å²) < 4.78 is 0. The van der Waals surface area contributed by atoms with Crippen molar-refractivity contribution < 1.29 is 9.59 Å². The van der Waals surface area contributed by atoms with Gasteiger partial charge in [0.2, 0.25) is 5.91 Å². The average Bonchev–Trinajstić information content (AvgIpc) is 2.72. The van der Waals surface area contributed by atoms with Crippen LogP contribution in [0.15, 0.2) is 0 Å². The van der Waals surface area contributed by atoms with E-state index in [0.29, 0.717) is 23.5 Å². The zero-order valence-electron chi connectivity index (χ0n) is 18.0. The van der Waals surface area contributed by atoms with Gasteiger partial charge >= 0.3 is 0 Å². The molecule has 0 radical (unpaired) electrons. The summed E-state index contributed by atoms with van der Waals surface area (Å²) >= 11 is 16.7. The van der Waals surface area contributed by atoms with Crippen molar-refractivity contribution in [3.8, 4) is 0 Å². The number of thiol groups is 4. The molecule has 0 aliphatic rings. The molecule has 6 nitrogen and oxygen atoms in total. The highest BCUT2D eigenvalue weighted by atomic mass is 35.5. The quantitative estimate of drug-likeness (QED) is 0.160. The molecular weight excluding hydrogens is 468 g/mol. The van der Waals surface area contributed by atoms with Crippen molar-refractivity contribution in [3.05, 3.63) is 0 Å². The molecule has 0 rings (SSSR count). The van der Waals surface area contributed by atoms with E-state index in [1.165, 1.54) is 12.8 Å². The molecule has 0 saturated heterocycles. The molecule has 29 heavy (non-hydrogen) atoms. The molecule has 11 heteroatoms. The second-order valence-corrected chi connectivity index (χ2v) is 8.00. The number of hydrogen-bond acceptors (Lipinski definition) is 9. The molecule has 4 N–H and O–H groups in total. The summed E-state index contributed by atoms with van der Waals surface area (Å²) in [6, 6.07) is 0.253. The SMILES string of the molecule is CNC(=O)[C@@H](CS)CC(=O)[C@@H](CS)NC.CNC[C@@H](CS)CC[C@@H](CS)NC.Cl. The summed E-state index contributed by atoms with van der Waals surface area (Å²) in [6.45, 7) is 1.06. The number of rotatable bonds is 15. The van der Waals surface area contributed by atoms with Crippen molar-refractivity contribution in [2.75, 3.05) is 57.7 Å². The number of halogens is 1. The van der Waals surface area contributed by atoms with Crippen LogP contribution >= 0.6 is 62.9 Å². The van der Waals surface area contributed by atoms with Gasteiger partial charge in [0.25, 0.3) is 0 Å². The number of likely N-dealkylation sites (N-methyl/N-ethyl adjacent to an activating group) is 1. The first-order chi connectivity index (χ1) is 13.4. The third-order valence-electron chi connectivity index (χ3n) is 4.51. The van der Waals surface area contributed by atoms with Gasteiger partial charge in [0, 0.05) is 36.8 Å². The lowest BCUT2D eigenvalue weighted by Crippen LogP contribution is -2.39. The Morgan fingerprint density at radius 1 is 0.828 bits per heavy atom. The van der Waals surface area contributed by atoms with Crippen molar-refractivity contribution >= 4 is 74.6 Å². The zero-order valence-corrected chi connectivity index (χ0v) is 22.4. The van der Waals surface area contributed by atoms with Gasteiger partial charge in [-0.2, -0.15) is 50.5 Å². The predicted octanol–water partition coefficient (Wildman–Crippen LogP) is 1.23. The van der Waals surface area contributed by atoms with Gasteiger partial charge in [0.15, 0.2) is 5.78 Å². The Morgan fingerprint density at radius 3 is 1.79 bits per heavy atom. The lowest BCUT2D eigenvalue weighted by molar-refractivity contribution is -0.128. The molecule has 0 fully saturated rings. The maximum atomic E-state index is 11.7. The van der Waals surface area contributed by atoms with Gasteiger partial charge in [-0.15, -0.1) is 12.4 Å². The zero-order chi connectivity index (χ0) is 21.9. The second-order valence-electron chi connectivity index (χ2n) is 6.54. The highest BCUT2D eigenvalue weighted by molar-refractivity contribution is 7.80. The number of ketones is 1. The van der Waals surface area contributed by atoms with Crippen LogP contribution < -0.4 is 21.3 Å². The van der Waals surface area contributed by atoms with Gasteiger partial charge in [-0.3, -0.25) is 9.59 Å². The van der Waals surface area contributed by atoms with Gasteiger partial charge in [-0.1, -0.05) is 0 Å². The summed E-state index contributed by atoms with van der Waals surface area (Å²) in [5.74, 6) is 2.85. The van der Waals surface area contributed by atoms with Crippen molar-refractivity contribution in [2.24, 2.45) is 11.8 Å². The fraction of sp³-hybridized carbons (Fsp3) is 0.889. The summed E-state index contributed by atoms with van der Waals surface area (Å²) in [4.78, 5) is 23.0. The minimum Gasteiger partial charge on any atom is -0.359 e. The van der Waals surface area contributed by atoms with Crippen LogP contribution in [0.2, 0.25) is 0 Å². The van der Waals surface area contributed by atoms with Crippen LogP contribution in [-0.4, -0.2) is 81.5 Å². The Bertz CT molecular complexity index is 404. The first kappa shape index (κ1) is 34.3. The molecule has 0 aromatic heterocycles. The molecule has 0 saturated carbocycles. The number of hydrogen-bond donors (Lipinski definition) is 8. The second kappa shape index (κ2) is 23.4. The van der Waals surface area contributed by atoms with Gasteiger partial charge < -0.3 is 21.3 Å². The largest absolute Gasteiger partial charge is 0.359 e. The van der Waals surface area contributed by atoms with Crippen molar-refractivity contribution in [3.63, 3.8) is 0 Å². The lowest BCUT2D eigenvalue weighted by atomic mass is 10.00. The first-order valence-corrected chi connectivity index (χ1v) is 12.1. The Labute approximate surface area is 205 Å². The molecule has 0 heterocycles. The number of carbonyl (C=O) groups is 2. The van der Waals surface area contributed by atoms with Gasteiger partial charge in [-0.05, 0) is 52.2 Å². The minimum absolute atomic E-state index is 0. The van der Waals surface area contributed by atoms with Gasteiger partial charge in [0.05, 0.1) is 12.0 Å². The normalized spacial score (nSPS) is 14.5. The van der Waals surface area contributed by atoms with Gasteiger partial charge in [-0.25, -0.2) is 0 Å². The Morgan fingerprint density at radius 2 is 1.45 bits per heavy atom. The van der Waals surface area contributed by atoms with Crippen molar-refractivity contribution in [1.82, 2.24) is 21.3 Å². The summed E-state index contributed by atoms with van der Waals surface area (Å²) in [5, 5.41) is 11.8. The summed E-state index contributed by atoms with van der Waals surface area (Å²) in [7, 11) is 7.24. The topological polar surface area (TPSA) is 82.3 Å². The minimum atomic E-state index is -0.360. The standard InChI is InChI=1S/C9H18N2O2S2.C9H22N2S2.ClH/c1-10-7(5-15)8(12)3-6(4-14)9(13)11-2;1-10-5-8(6-12)3-4-9(7-13)11-2;/h6-7,10,14-15H,3-5H2,1-2H3,(H,11,13);8-13H,3-7H2,1-2H3;1H/t6-,7-;8-,9-;/m10./s1. The van der Waals surface area contributed by atoms with Crippen LogP contribution in [-0.2, 0) is 9.59 Å². The molecule has 0 aliphatic carbocycles. The van der Waals surface area contributed by atoms with E-state index in [0.717, 1.165) is 18.1 Å². The molecule has 0 bridgehead atoms. The summed E-state index contributed by atoms with van der Waals surface area (Å²) in [6.07, 6.45) is 2.61. The van der Waals surface area contributed by atoms with Crippen LogP contribution in [0.4, 0.5) is 0 Å². The monoisotopic (exact) mass is 508 g/mol. The van der Waals surface area contributed by atoms with E-state index in [4.69, 9.17) is 0 Å². The Hall–Kier alpha value is 0.710. The molecule has 4 atom stereocenters. The maximum absolute atomic E-state index is 11.7. The molecule has 176 valence electrons. The van der Waals surface area contributed by atoms with E-state index in [-0.39, 0.29) is 42.5 Å². The van der Waals surface area contributed by atoms with Crippen molar-refractivity contribution in [1.29, 1.82) is 0 Å². The predicted molar refractivity (Wildman–Crippen MR) is 142 cm³/mol.